The first-order valence-electron chi connectivity index (χ1n) is 6.65. The number of hydrogen-bond donors (Lipinski definition) is 1. The van der Waals surface area contributed by atoms with Crippen LogP contribution in [0, 0.1) is 0 Å². The van der Waals surface area contributed by atoms with E-state index in [2.05, 4.69) is 36.3 Å². The van der Waals surface area contributed by atoms with Crippen LogP contribution in [0.4, 0.5) is 0 Å². The van der Waals surface area contributed by atoms with Crippen LogP contribution in [0.15, 0.2) is 18.3 Å². The smallest absolute Gasteiger partial charge is 0.213 e. The molecule has 1 unspecified atom stereocenters. The van der Waals surface area contributed by atoms with Crippen molar-refractivity contribution in [3.8, 4) is 5.88 Å². The molecule has 0 spiro atoms. The van der Waals surface area contributed by atoms with E-state index in [0.29, 0.717) is 12.1 Å². The summed E-state index contributed by atoms with van der Waals surface area (Å²) in [4.78, 5) is 4.27. The first-order chi connectivity index (χ1) is 8.29. The van der Waals surface area contributed by atoms with Crippen molar-refractivity contribution in [2.24, 2.45) is 0 Å². The highest BCUT2D eigenvalue weighted by molar-refractivity contribution is 5.23. The predicted molar refractivity (Wildman–Crippen MR) is 69.2 cm³/mol. The summed E-state index contributed by atoms with van der Waals surface area (Å²) >= 11 is 0. The molecule has 0 bridgehead atoms. The largest absolute Gasteiger partial charge is 0.474 e. The fourth-order valence-electron chi connectivity index (χ4n) is 1.90. The van der Waals surface area contributed by atoms with Crippen LogP contribution in [-0.4, -0.2) is 17.6 Å². The van der Waals surface area contributed by atoms with Gasteiger partial charge in [0, 0.05) is 18.3 Å². The lowest BCUT2D eigenvalue weighted by molar-refractivity contribution is 0.114. The van der Waals surface area contributed by atoms with Crippen LogP contribution in [0.1, 0.15) is 51.1 Å². The Morgan fingerprint density at radius 1 is 1.53 bits per heavy atom. The summed E-state index contributed by atoms with van der Waals surface area (Å²) in [6.45, 7) is 5.40. The van der Waals surface area contributed by atoms with Crippen molar-refractivity contribution in [3.05, 3.63) is 23.9 Å². The van der Waals surface area contributed by atoms with Gasteiger partial charge in [-0.25, -0.2) is 4.98 Å². The topological polar surface area (TPSA) is 34.2 Å². The summed E-state index contributed by atoms with van der Waals surface area (Å²) in [6.07, 6.45) is 7.04. The molecule has 1 fully saturated rings. The van der Waals surface area contributed by atoms with Crippen LogP contribution in [0.5, 0.6) is 5.88 Å². The van der Waals surface area contributed by atoms with Crippen molar-refractivity contribution in [2.75, 3.05) is 6.54 Å². The molecule has 3 nitrogen and oxygen atoms in total. The molecule has 0 amide bonds. The van der Waals surface area contributed by atoms with E-state index in [9.17, 15) is 0 Å². The van der Waals surface area contributed by atoms with Crippen LogP contribution in [-0.2, 0) is 0 Å². The molecule has 0 aliphatic heterocycles. The quantitative estimate of drug-likeness (QED) is 0.821. The fraction of sp³-hybridized carbons (Fsp3) is 0.643. The van der Waals surface area contributed by atoms with E-state index in [1.165, 1.54) is 24.8 Å². The normalized spacial score (nSPS) is 17.5. The van der Waals surface area contributed by atoms with E-state index in [-0.39, 0.29) is 0 Å². The standard InChI is InChI=1S/C14H22N2O/c1-3-8-15-11(2)12-7-9-16-14(10-12)17-13-5-4-6-13/h7,9-11,13,15H,3-6,8H2,1-2H3. The number of nitrogens with one attached hydrogen (secondary N) is 1. The SMILES string of the molecule is CCCNC(C)c1ccnc(OC2CCC2)c1. The van der Waals surface area contributed by atoms with Crippen LogP contribution < -0.4 is 10.1 Å². The van der Waals surface area contributed by atoms with E-state index >= 15 is 0 Å². The van der Waals surface area contributed by atoms with Crippen molar-refractivity contribution >= 4 is 0 Å². The zero-order valence-electron chi connectivity index (χ0n) is 10.8. The second kappa shape index (κ2) is 6.01. The molecule has 2 rings (SSSR count). The minimum Gasteiger partial charge on any atom is -0.474 e. The number of nitrogens with zero attached hydrogens (tertiary/aromatic N) is 1. The molecule has 0 saturated heterocycles. The van der Waals surface area contributed by atoms with Gasteiger partial charge < -0.3 is 10.1 Å². The summed E-state index contributed by atoms with van der Waals surface area (Å²) in [7, 11) is 0. The van der Waals surface area contributed by atoms with Gasteiger partial charge in [-0.05, 0) is 50.8 Å². The predicted octanol–water partition coefficient (Wildman–Crippen LogP) is 3.07. The third-order valence-electron chi connectivity index (χ3n) is 3.30. The lowest BCUT2D eigenvalue weighted by Gasteiger charge is -2.26. The second-order valence-corrected chi connectivity index (χ2v) is 4.77. The van der Waals surface area contributed by atoms with Gasteiger partial charge in [0.15, 0.2) is 0 Å². The molecule has 1 heterocycles. The molecule has 1 aliphatic rings. The molecule has 1 aliphatic carbocycles. The highest BCUT2D eigenvalue weighted by atomic mass is 16.5. The van der Waals surface area contributed by atoms with Crippen molar-refractivity contribution in [2.45, 2.75) is 51.7 Å². The monoisotopic (exact) mass is 234 g/mol. The second-order valence-electron chi connectivity index (χ2n) is 4.77. The van der Waals surface area contributed by atoms with Crippen LogP contribution in [0.3, 0.4) is 0 Å². The molecule has 0 aromatic carbocycles. The molecule has 17 heavy (non-hydrogen) atoms. The van der Waals surface area contributed by atoms with E-state index < -0.39 is 0 Å². The zero-order valence-corrected chi connectivity index (χ0v) is 10.8. The molecular formula is C14H22N2O. The van der Waals surface area contributed by atoms with E-state index in [1.54, 1.807) is 0 Å². The first kappa shape index (κ1) is 12.4. The minimum atomic E-state index is 0.363. The average Bonchev–Trinajstić information content (AvgIpc) is 2.31. The average molecular weight is 234 g/mol. The lowest BCUT2D eigenvalue weighted by atomic mass is 9.96. The molecule has 1 aromatic heterocycles. The summed E-state index contributed by atoms with van der Waals surface area (Å²) < 4.78 is 5.81. The van der Waals surface area contributed by atoms with Gasteiger partial charge in [0.2, 0.25) is 5.88 Å². The van der Waals surface area contributed by atoms with Crippen molar-refractivity contribution in [3.63, 3.8) is 0 Å². The molecule has 1 N–H and O–H groups in total. The molecule has 94 valence electrons. The van der Waals surface area contributed by atoms with Gasteiger partial charge in [0.1, 0.15) is 6.10 Å². The Balaban J connectivity index is 1.94. The van der Waals surface area contributed by atoms with Gasteiger partial charge in [-0.15, -0.1) is 0 Å². The maximum absolute atomic E-state index is 5.81. The highest BCUT2D eigenvalue weighted by Crippen LogP contribution is 2.25. The Morgan fingerprint density at radius 3 is 3.00 bits per heavy atom. The van der Waals surface area contributed by atoms with Gasteiger partial charge in [0.25, 0.3) is 0 Å². The molecule has 3 heteroatoms. The maximum atomic E-state index is 5.81. The van der Waals surface area contributed by atoms with Crippen molar-refractivity contribution in [1.29, 1.82) is 0 Å². The van der Waals surface area contributed by atoms with Crippen LogP contribution in [0.2, 0.25) is 0 Å². The zero-order chi connectivity index (χ0) is 12.1. The third kappa shape index (κ3) is 3.43. The first-order valence-corrected chi connectivity index (χ1v) is 6.65. The summed E-state index contributed by atoms with van der Waals surface area (Å²) in [5.74, 6) is 0.775. The number of ether oxygens (including phenoxy) is 1. The summed E-state index contributed by atoms with van der Waals surface area (Å²) in [5, 5.41) is 3.47. The van der Waals surface area contributed by atoms with Gasteiger partial charge >= 0.3 is 0 Å². The Labute approximate surface area is 104 Å². The number of rotatable bonds is 6. The van der Waals surface area contributed by atoms with Crippen LogP contribution in [0.25, 0.3) is 0 Å². The van der Waals surface area contributed by atoms with Gasteiger partial charge in [-0.1, -0.05) is 6.92 Å². The van der Waals surface area contributed by atoms with E-state index in [4.69, 9.17) is 4.74 Å². The maximum Gasteiger partial charge on any atom is 0.213 e. The highest BCUT2D eigenvalue weighted by Gasteiger charge is 2.19. The van der Waals surface area contributed by atoms with E-state index in [0.717, 1.165) is 18.8 Å². The Bertz CT molecular complexity index is 350. The lowest BCUT2D eigenvalue weighted by Crippen LogP contribution is -2.25. The Kier molecular flexibility index (Phi) is 4.37. The Morgan fingerprint density at radius 2 is 2.35 bits per heavy atom. The number of pyridine rings is 1. The molecule has 1 saturated carbocycles. The van der Waals surface area contributed by atoms with Crippen LogP contribution >= 0.6 is 0 Å². The van der Waals surface area contributed by atoms with Crippen molar-refractivity contribution in [1.82, 2.24) is 10.3 Å². The molecule has 1 atom stereocenters. The molecule has 0 radical (unpaired) electrons. The number of hydrogen-bond acceptors (Lipinski definition) is 3. The molecular weight excluding hydrogens is 212 g/mol. The minimum absolute atomic E-state index is 0.363. The Hall–Kier alpha value is -1.09. The van der Waals surface area contributed by atoms with Gasteiger partial charge in [0.05, 0.1) is 0 Å². The molecule has 1 aromatic rings. The number of aromatic nitrogens is 1. The third-order valence-corrected chi connectivity index (χ3v) is 3.30. The van der Waals surface area contributed by atoms with E-state index in [1.807, 2.05) is 6.20 Å². The van der Waals surface area contributed by atoms with Gasteiger partial charge in [-0.3, -0.25) is 0 Å². The summed E-state index contributed by atoms with van der Waals surface area (Å²) in [5.41, 5.74) is 1.25. The van der Waals surface area contributed by atoms with Crippen molar-refractivity contribution < 1.29 is 4.74 Å². The summed E-state index contributed by atoms with van der Waals surface area (Å²) in [6, 6.07) is 4.48. The fourth-order valence-corrected chi connectivity index (χ4v) is 1.90. The van der Waals surface area contributed by atoms with Gasteiger partial charge in [-0.2, -0.15) is 0 Å².